The van der Waals surface area contributed by atoms with Gasteiger partial charge in [-0.05, 0) is 186 Å². The van der Waals surface area contributed by atoms with Gasteiger partial charge in [0.15, 0.2) is 0 Å². The van der Waals surface area contributed by atoms with Gasteiger partial charge in [-0.3, -0.25) is 0 Å². The maximum atomic E-state index is 10.8. The molecule has 14 aromatic carbocycles. The van der Waals surface area contributed by atoms with E-state index >= 15 is 0 Å². The Balaban J connectivity index is 0.757. The molecule has 0 aliphatic heterocycles. The molecular weight excluding hydrogens is 1250 g/mol. The summed E-state index contributed by atoms with van der Waals surface area (Å²) >= 11 is 1.21. The first-order valence-electron chi connectivity index (χ1n) is 33.3. The van der Waals surface area contributed by atoms with E-state index in [-0.39, 0.29) is 0 Å². The molecule has 0 spiro atoms. The number of aromatic nitrogens is 3. The Hall–Kier alpha value is -13.4. The van der Waals surface area contributed by atoms with Crippen LogP contribution in [0.25, 0.3) is 121 Å². The quantitative estimate of drug-likeness (QED) is 0.0513. The highest BCUT2D eigenvalue weighted by molar-refractivity contribution is 7.00. The average Bonchev–Trinajstić information content (AvgIpc) is 1.61. The minimum absolute atomic E-state index is 0.593. The molecule has 2 aromatic heterocycles. The third-order valence-corrected chi connectivity index (χ3v) is 19.4. The normalized spacial score (nSPS) is 11.0. The maximum Gasteiger partial charge on any atom is 0.202 e. The number of methoxy groups -OCH3 is 2. The summed E-state index contributed by atoms with van der Waals surface area (Å²) in [5, 5.41) is 13.1. The molecule has 8 nitrogen and oxygen atoms in total. The first-order chi connectivity index (χ1) is 49.9. The van der Waals surface area contributed by atoms with Crippen LogP contribution in [0.3, 0.4) is 0 Å². The van der Waals surface area contributed by atoms with Crippen molar-refractivity contribution in [3.63, 3.8) is 0 Å². The summed E-state index contributed by atoms with van der Waals surface area (Å²) in [7, 11) is 3.39. The van der Waals surface area contributed by atoms with Gasteiger partial charge in [-0.25, -0.2) is 4.85 Å². The first-order valence-corrected chi connectivity index (χ1v) is 34.1. The Bertz CT molecular complexity index is 5460. The van der Waals surface area contributed by atoms with Gasteiger partial charge in [0.25, 0.3) is 0 Å². The summed E-state index contributed by atoms with van der Waals surface area (Å²) in [4.78, 5) is 6.42. The van der Waals surface area contributed by atoms with Crippen LogP contribution < -0.4 is 14.4 Å². The van der Waals surface area contributed by atoms with Gasteiger partial charge in [-0.15, -0.1) is 0 Å². The highest BCUT2D eigenvalue weighted by atomic mass is 32.1. The van der Waals surface area contributed by atoms with Gasteiger partial charge in [0, 0.05) is 39.0 Å². The van der Waals surface area contributed by atoms with Crippen molar-refractivity contribution < 1.29 is 9.47 Å². The molecule has 0 saturated carbocycles. The fourth-order valence-corrected chi connectivity index (χ4v) is 14.4. The lowest BCUT2D eigenvalue weighted by Gasteiger charge is -2.26. The number of nitrogens with zero attached hydrogens (tertiary/aromatic N) is 6. The highest BCUT2D eigenvalue weighted by Crippen LogP contribution is 2.45. The van der Waals surface area contributed by atoms with Gasteiger partial charge in [-0.2, -0.15) is 14.0 Å². The van der Waals surface area contributed by atoms with Crippen molar-refractivity contribution in [1.29, 1.82) is 5.26 Å². The molecule has 0 aliphatic carbocycles. The second-order valence-corrected chi connectivity index (χ2v) is 25.2. The van der Waals surface area contributed by atoms with Crippen LogP contribution in [0, 0.1) is 17.9 Å². The SMILES string of the molecule is [C-]#[N+]C(=C(c1ccccc1)c1ccccc1)c1ccc(-c2ccc(N(c3ccc(-c4ccc(C(C#N)=C(c5ccccc5)c5ccccc5)cc4)cc3)c3ccc(-c4ccc(-n5c6ccc(-c7ccc(OC)cc7)cc6c6cc(-c7ccc(OC)cc7)ccc65)cc4)c4nsnc34)cc2)cc1. The number of hydrogen-bond donors (Lipinski definition) is 0. The van der Waals surface area contributed by atoms with E-state index < -0.39 is 0 Å². The Labute approximate surface area is 590 Å². The smallest absolute Gasteiger partial charge is 0.202 e. The molecule has 0 atom stereocenters. The lowest BCUT2D eigenvalue weighted by atomic mass is 9.89. The third kappa shape index (κ3) is 12.2. The first kappa shape index (κ1) is 62.4. The molecule has 101 heavy (non-hydrogen) atoms. The second-order valence-electron chi connectivity index (χ2n) is 24.6. The van der Waals surface area contributed by atoms with E-state index in [1.807, 2.05) is 109 Å². The lowest BCUT2D eigenvalue weighted by molar-refractivity contribution is 0.415. The largest absolute Gasteiger partial charge is 0.497 e. The van der Waals surface area contributed by atoms with E-state index in [0.717, 1.165) is 167 Å². The molecule has 2 heterocycles. The molecule has 0 saturated heterocycles. The minimum atomic E-state index is 0.593. The van der Waals surface area contributed by atoms with Crippen molar-refractivity contribution in [3.05, 3.63) is 385 Å². The number of rotatable bonds is 17. The minimum Gasteiger partial charge on any atom is -0.497 e. The molecule has 16 aromatic rings. The predicted molar refractivity (Wildman–Crippen MR) is 417 cm³/mol. The summed E-state index contributed by atoms with van der Waals surface area (Å²) in [5.74, 6) is 1.64. The van der Waals surface area contributed by atoms with E-state index in [4.69, 9.17) is 24.8 Å². The Morgan fingerprint density at radius 2 is 0.762 bits per heavy atom. The molecule has 0 fully saturated rings. The predicted octanol–water partition coefficient (Wildman–Crippen LogP) is 23.9. The van der Waals surface area contributed by atoms with Gasteiger partial charge >= 0.3 is 0 Å². The van der Waals surface area contributed by atoms with Crippen LogP contribution >= 0.6 is 11.7 Å². The standard InChI is InChI=1S/C92H62N6O2S/c1-94-90(89(71-20-12-6-13-21-71)72-22-14-7-15-23-72)73-30-26-62(27-31-73)64-34-46-77(47-35-64)97(76-44-32-63(33-45-76)61-24-28-68(29-25-61)84(60-93)88(69-16-8-4-9-17-69)70-18-10-5-11-19-70)87-57-54-81(91-92(87)96-101-95-91)67-36-48-78(49-37-67)98-85-55-42-74(65-38-50-79(99-2)51-39-65)58-82(85)83-59-75(43-56-86(83)98)66-40-52-80(100-3)53-41-66/h4-59H,2-3H3. The molecule has 0 N–H and O–H groups in total. The van der Waals surface area contributed by atoms with E-state index in [1.54, 1.807) is 14.2 Å². The number of benzene rings is 14. The van der Waals surface area contributed by atoms with Gasteiger partial charge in [0.1, 0.15) is 28.6 Å². The van der Waals surface area contributed by atoms with Crippen LogP contribution in [0.1, 0.15) is 33.4 Å². The molecule has 478 valence electrons. The van der Waals surface area contributed by atoms with Crippen molar-refractivity contribution in [2.24, 2.45) is 0 Å². The van der Waals surface area contributed by atoms with Crippen molar-refractivity contribution in [2.75, 3.05) is 19.1 Å². The van der Waals surface area contributed by atoms with Crippen LogP contribution in [0.5, 0.6) is 11.5 Å². The number of hydrogen-bond acceptors (Lipinski definition) is 7. The number of anilines is 3. The van der Waals surface area contributed by atoms with Crippen molar-refractivity contribution in [3.8, 4) is 78.9 Å². The number of allylic oxidation sites excluding steroid dienone is 1. The maximum absolute atomic E-state index is 10.8. The van der Waals surface area contributed by atoms with E-state index in [2.05, 4.69) is 251 Å². The van der Waals surface area contributed by atoms with Crippen LogP contribution in [0.4, 0.5) is 17.1 Å². The fourth-order valence-electron chi connectivity index (χ4n) is 13.8. The molecule has 16 rings (SSSR count). The van der Waals surface area contributed by atoms with Gasteiger partial charge in [0.05, 0.1) is 54.8 Å². The van der Waals surface area contributed by atoms with Crippen molar-refractivity contribution >= 4 is 84.0 Å². The van der Waals surface area contributed by atoms with Crippen molar-refractivity contribution in [2.45, 2.75) is 0 Å². The lowest BCUT2D eigenvalue weighted by Crippen LogP contribution is -2.10. The topological polar surface area (TPSA) is 80.6 Å². The fraction of sp³-hybridized carbons (Fsp3) is 0.0217. The number of fused-ring (bicyclic) bond motifs is 4. The van der Waals surface area contributed by atoms with Crippen LogP contribution in [0.15, 0.2) is 340 Å². The van der Waals surface area contributed by atoms with Crippen molar-refractivity contribution in [1.82, 2.24) is 13.3 Å². The molecule has 0 unspecified atom stereocenters. The molecular formula is C92H62N6O2S. The van der Waals surface area contributed by atoms with Crippen LogP contribution in [-0.2, 0) is 0 Å². The molecule has 9 heteroatoms. The van der Waals surface area contributed by atoms with E-state index in [0.29, 0.717) is 11.3 Å². The van der Waals surface area contributed by atoms with Gasteiger partial charge in [-0.1, -0.05) is 243 Å². The van der Waals surface area contributed by atoms with Gasteiger partial charge < -0.3 is 18.9 Å². The number of ether oxygens (including phenoxy) is 2. The van der Waals surface area contributed by atoms with Crippen LogP contribution in [0.2, 0.25) is 0 Å². The summed E-state index contributed by atoms with van der Waals surface area (Å²) in [5.41, 5.74) is 26.8. The monoisotopic (exact) mass is 1310 g/mol. The third-order valence-electron chi connectivity index (χ3n) is 18.9. The zero-order valence-corrected chi connectivity index (χ0v) is 56.1. The Kier molecular flexibility index (Phi) is 17.0. The van der Waals surface area contributed by atoms with E-state index in [1.165, 1.54) is 11.7 Å². The second kappa shape index (κ2) is 27.6. The zero-order chi connectivity index (χ0) is 68.2. The zero-order valence-electron chi connectivity index (χ0n) is 55.2. The van der Waals surface area contributed by atoms with E-state index in [9.17, 15) is 5.26 Å². The van der Waals surface area contributed by atoms with Crippen LogP contribution in [-0.4, -0.2) is 27.5 Å². The average molecular weight is 1320 g/mol. The summed E-state index contributed by atoms with van der Waals surface area (Å²) in [6, 6.07) is 120. The Morgan fingerprint density at radius 1 is 0.386 bits per heavy atom. The summed E-state index contributed by atoms with van der Waals surface area (Å²) in [6.07, 6.45) is 0. The Morgan fingerprint density at radius 3 is 1.19 bits per heavy atom. The summed E-state index contributed by atoms with van der Waals surface area (Å²) < 4.78 is 23.5. The number of nitriles is 1. The molecule has 0 radical (unpaired) electrons. The van der Waals surface area contributed by atoms with Gasteiger partial charge in [0.2, 0.25) is 5.70 Å². The molecule has 0 bridgehead atoms. The molecule has 0 aliphatic rings. The summed E-state index contributed by atoms with van der Waals surface area (Å²) in [6.45, 7) is 8.47. The molecule has 0 amide bonds. The highest BCUT2D eigenvalue weighted by Gasteiger charge is 2.23.